The van der Waals surface area contributed by atoms with Crippen molar-refractivity contribution in [3.63, 3.8) is 0 Å². The molecule has 1 atom stereocenters. The Balaban J connectivity index is 2.46. The van der Waals surface area contributed by atoms with Crippen molar-refractivity contribution in [1.29, 1.82) is 0 Å². The first-order valence-electron chi connectivity index (χ1n) is 6.32. The topological polar surface area (TPSA) is 0 Å². The maximum atomic E-state index is 5.95. The van der Waals surface area contributed by atoms with E-state index >= 15 is 0 Å². The first-order valence-corrected chi connectivity index (χ1v) is 6.70. The lowest BCUT2D eigenvalue weighted by Crippen LogP contribution is -2.02. The van der Waals surface area contributed by atoms with E-state index < -0.39 is 0 Å². The van der Waals surface area contributed by atoms with Crippen molar-refractivity contribution in [2.45, 2.75) is 33.6 Å². The zero-order valence-electron chi connectivity index (χ0n) is 11.4. The van der Waals surface area contributed by atoms with Crippen LogP contribution >= 0.6 is 11.6 Å². The second-order valence-electron chi connectivity index (χ2n) is 5.09. The molecule has 1 unspecified atom stereocenters. The van der Waals surface area contributed by atoms with Crippen LogP contribution in [0, 0.1) is 20.8 Å². The molecule has 94 valence electrons. The lowest BCUT2D eigenvalue weighted by molar-refractivity contribution is 0.896. The van der Waals surface area contributed by atoms with Crippen LogP contribution in [-0.4, -0.2) is 0 Å². The summed E-state index contributed by atoms with van der Waals surface area (Å²) in [5.74, 6) is 0.405. The Bertz CT molecular complexity index is 529. The molecule has 2 aromatic carbocycles. The first-order chi connectivity index (χ1) is 8.49. The summed E-state index contributed by atoms with van der Waals surface area (Å²) in [4.78, 5) is 0. The number of benzene rings is 2. The number of halogens is 1. The molecule has 0 heterocycles. The maximum Gasteiger partial charge on any atom is 0.0406 e. The Morgan fingerprint density at radius 2 is 1.39 bits per heavy atom. The molecule has 0 amide bonds. The number of hydrogen-bond acceptors (Lipinski definition) is 0. The molecule has 0 saturated heterocycles. The van der Waals surface area contributed by atoms with E-state index in [9.17, 15) is 0 Å². The van der Waals surface area contributed by atoms with Gasteiger partial charge in [-0.3, -0.25) is 0 Å². The minimum absolute atomic E-state index is 0.405. The molecular formula is C17H19Cl. The van der Waals surface area contributed by atoms with E-state index in [0.29, 0.717) is 5.92 Å². The fourth-order valence-electron chi connectivity index (χ4n) is 2.79. The van der Waals surface area contributed by atoms with Crippen LogP contribution < -0.4 is 0 Å². The van der Waals surface area contributed by atoms with Gasteiger partial charge in [0.25, 0.3) is 0 Å². The zero-order valence-corrected chi connectivity index (χ0v) is 12.2. The SMILES string of the molecule is Cc1cc(C)c(C(C)c2ccc(Cl)cc2)c(C)c1. The van der Waals surface area contributed by atoms with Crippen molar-refractivity contribution in [3.8, 4) is 0 Å². The summed E-state index contributed by atoms with van der Waals surface area (Å²) in [5.41, 5.74) is 6.82. The van der Waals surface area contributed by atoms with Crippen LogP contribution in [0.1, 0.15) is 40.7 Å². The monoisotopic (exact) mass is 258 g/mol. The van der Waals surface area contributed by atoms with Crippen molar-refractivity contribution in [3.05, 3.63) is 69.2 Å². The van der Waals surface area contributed by atoms with Crippen molar-refractivity contribution in [2.75, 3.05) is 0 Å². The van der Waals surface area contributed by atoms with E-state index in [0.717, 1.165) is 5.02 Å². The number of aryl methyl sites for hydroxylation is 3. The highest BCUT2D eigenvalue weighted by molar-refractivity contribution is 6.30. The van der Waals surface area contributed by atoms with Gasteiger partial charge >= 0.3 is 0 Å². The molecule has 0 fully saturated rings. The van der Waals surface area contributed by atoms with Gasteiger partial charge < -0.3 is 0 Å². The average molecular weight is 259 g/mol. The van der Waals surface area contributed by atoms with Crippen LogP contribution in [0.5, 0.6) is 0 Å². The molecule has 18 heavy (non-hydrogen) atoms. The highest BCUT2D eigenvalue weighted by Gasteiger charge is 2.13. The van der Waals surface area contributed by atoms with Gasteiger partial charge in [-0.15, -0.1) is 0 Å². The van der Waals surface area contributed by atoms with E-state index in [1.54, 1.807) is 0 Å². The molecule has 0 bridgehead atoms. The predicted octanol–water partition coefficient (Wildman–Crippen LogP) is 5.42. The molecule has 2 aromatic rings. The van der Waals surface area contributed by atoms with Crippen LogP contribution in [0.2, 0.25) is 5.02 Å². The van der Waals surface area contributed by atoms with Gasteiger partial charge in [0.15, 0.2) is 0 Å². The maximum absolute atomic E-state index is 5.95. The quantitative estimate of drug-likeness (QED) is 0.675. The van der Waals surface area contributed by atoms with Crippen LogP contribution in [0.3, 0.4) is 0 Å². The summed E-state index contributed by atoms with van der Waals surface area (Å²) >= 11 is 5.95. The molecular weight excluding hydrogens is 240 g/mol. The minimum atomic E-state index is 0.405. The molecule has 0 aliphatic carbocycles. The number of hydrogen-bond donors (Lipinski definition) is 0. The molecule has 2 rings (SSSR count). The Labute approximate surface area is 115 Å². The normalized spacial score (nSPS) is 12.5. The van der Waals surface area contributed by atoms with E-state index in [1.807, 2.05) is 12.1 Å². The molecule has 0 aliphatic rings. The van der Waals surface area contributed by atoms with Gasteiger partial charge in [0.1, 0.15) is 0 Å². The van der Waals surface area contributed by atoms with Gasteiger partial charge in [-0.05, 0) is 55.2 Å². The van der Waals surface area contributed by atoms with Crippen LogP contribution in [0.25, 0.3) is 0 Å². The van der Waals surface area contributed by atoms with Gasteiger partial charge in [-0.25, -0.2) is 0 Å². The van der Waals surface area contributed by atoms with Crippen LogP contribution in [-0.2, 0) is 0 Å². The Morgan fingerprint density at radius 1 is 0.889 bits per heavy atom. The molecule has 0 aliphatic heterocycles. The average Bonchev–Trinajstić information content (AvgIpc) is 2.28. The second-order valence-corrected chi connectivity index (χ2v) is 5.52. The molecule has 0 radical (unpaired) electrons. The van der Waals surface area contributed by atoms with Gasteiger partial charge in [0.2, 0.25) is 0 Å². The molecule has 0 aromatic heterocycles. The van der Waals surface area contributed by atoms with Gasteiger partial charge in [0, 0.05) is 10.9 Å². The summed E-state index contributed by atoms with van der Waals surface area (Å²) in [6, 6.07) is 12.7. The zero-order chi connectivity index (χ0) is 13.3. The molecule has 0 spiro atoms. The fourth-order valence-corrected chi connectivity index (χ4v) is 2.92. The van der Waals surface area contributed by atoms with Gasteiger partial charge in [0.05, 0.1) is 0 Å². The summed E-state index contributed by atoms with van der Waals surface area (Å²) in [6.07, 6.45) is 0. The lowest BCUT2D eigenvalue weighted by atomic mass is 9.86. The summed E-state index contributed by atoms with van der Waals surface area (Å²) in [7, 11) is 0. The summed E-state index contributed by atoms with van der Waals surface area (Å²) < 4.78 is 0. The largest absolute Gasteiger partial charge is 0.0843 e. The van der Waals surface area contributed by atoms with Crippen molar-refractivity contribution in [1.82, 2.24) is 0 Å². The van der Waals surface area contributed by atoms with Gasteiger partial charge in [-0.1, -0.05) is 48.4 Å². The van der Waals surface area contributed by atoms with Crippen molar-refractivity contribution in [2.24, 2.45) is 0 Å². The van der Waals surface area contributed by atoms with Crippen molar-refractivity contribution < 1.29 is 0 Å². The number of rotatable bonds is 2. The van der Waals surface area contributed by atoms with Gasteiger partial charge in [-0.2, -0.15) is 0 Å². The Hall–Kier alpha value is -1.27. The molecule has 0 nitrogen and oxygen atoms in total. The summed E-state index contributed by atoms with van der Waals surface area (Å²) in [6.45, 7) is 8.80. The fraction of sp³-hybridized carbons (Fsp3) is 0.294. The Kier molecular flexibility index (Phi) is 3.77. The molecule has 1 heteroatoms. The van der Waals surface area contributed by atoms with Crippen LogP contribution in [0.4, 0.5) is 0 Å². The molecule has 0 N–H and O–H groups in total. The first kappa shape index (κ1) is 13.2. The third-order valence-electron chi connectivity index (χ3n) is 3.54. The van der Waals surface area contributed by atoms with E-state index in [4.69, 9.17) is 11.6 Å². The second kappa shape index (κ2) is 5.16. The van der Waals surface area contributed by atoms with Crippen molar-refractivity contribution >= 4 is 11.6 Å². The third kappa shape index (κ3) is 2.59. The Morgan fingerprint density at radius 3 is 1.89 bits per heavy atom. The smallest absolute Gasteiger partial charge is 0.0406 e. The summed E-state index contributed by atoms with van der Waals surface area (Å²) in [5, 5.41) is 0.795. The minimum Gasteiger partial charge on any atom is -0.0843 e. The van der Waals surface area contributed by atoms with E-state index in [-0.39, 0.29) is 0 Å². The van der Waals surface area contributed by atoms with E-state index in [1.165, 1.54) is 27.8 Å². The van der Waals surface area contributed by atoms with E-state index in [2.05, 4.69) is 52.0 Å². The highest BCUT2D eigenvalue weighted by atomic mass is 35.5. The third-order valence-corrected chi connectivity index (χ3v) is 3.79. The molecule has 0 saturated carbocycles. The van der Waals surface area contributed by atoms with Crippen LogP contribution in [0.15, 0.2) is 36.4 Å². The lowest BCUT2D eigenvalue weighted by Gasteiger charge is -2.19. The highest BCUT2D eigenvalue weighted by Crippen LogP contribution is 2.30. The standard InChI is InChI=1S/C17H19Cl/c1-11-9-12(2)17(13(3)10-11)14(4)15-5-7-16(18)8-6-15/h5-10,14H,1-4H3. The predicted molar refractivity (Wildman–Crippen MR) is 79.6 cm³/mol.